The van der Waals surface area contributed by atoms with Crippen molar-refractivity contribution in [3.8, 4) is 0 Å². The summed E-state index contributed by atoms with van der Waals surface area (Å²) in [5, 5.41) is 6.93. The molecule has 154 valence electrons. The van der Waals surface area contributed by atoms with Gasteiger partial charge in [-0.1, -0.05) is 30.3 Å². The number of nitrogens with zero attached hydrogens (tertiary/aromatic N) is 1. The number of hydrogen-bond donors (Lipinski definition) is 3. The second kappa shape index (κ2) is 7.90. The lowest BCUT2D eigenvalue weighted by Crippen LogP contribution is -2.46. The van der Waals surface area contributed by atoms with Crippen molar-refractivity contribution in [2.75, 3.05) is 13.6 Å². The lowest BCUT2D eigenvalue weighted by atomic mass is 9.96. The summed E-state index contributed by atoms with van der Waals surface area (Å²) >= 11 is 0. The van der Waals surface area contributed by atoms with Crippen molar-refractivity contribution < 1.29 is 28.7 Å². The summed E-state index contributed by atoms with van der Waals surface area (Å²) < 4.78 is 5.24. The highest BCUT2D eigenvalue weighted by molar-refractivity contribution is 6.09. The third kappa shape index (κ3) is 4.20. The molecule has 0 spiro atoms. The van der Waals surface area contributed by atoms with E-state index < -0.39 is 48.0 Å². The first-order chi connectivity index (χ1) is 13.8. The summed E-state index contributed by atoms with van der Waals surface area (Å²) in [6.07, 6.45) is 0.240. The lowest BCUT2D eigenvalue weighted by molar-refractivity contribution is -0.158. The van der Waals surface area contributed by atoms with Gasteiger partial charge in [0.05, 0.1) is 0 Å². The number of hydrogen-bond acceptors (Lipinski definition) is 6. The summed E-state index contributed by atoms with van der Waals surface area (Å²) in [6.45, 7) is 1.00. The third-order valence-electron chi connectivity index (χ3n) is 5.04. The maximum Gasteiger partial charge on any atom is 0.327 e. The number of imide groups is 2. The zero-order valence-corrected chi connectivity index (χ0v) is 16.1. The number of carbonyl (C=O) groups excluding carboxylic acids is 5. The van der Waals surface area contributed by atoms with Crippen LogP contribution in [0.5, 0.6) is 0 Å². The fourth-order valence-corrected chi connectivity index (χ4v) is 3.24. The van der Waals surface area contributed by atoms with Crippen LogP contribution in [0, 0.1) is 5.92 Å². The monoisotopic (exact) mass is 402 g/mol. The molecule has 0 radical (unpaired) electrons. The minimum atomic E-state index is -1.42. The van der Waals surface area contributed by atoms with Gasteiger partial charge in [-0.05, 0) is 25.7 Å². The quantitative estimate of drug-likeness (QED) is 0.467. The van der Waals surface area contributed by atoms with Gasteiger partial charge in [-0.2, -0.15) is 0 Å². The van der Waals surface area contributed by atoms with Gasteiger partial charge in [0, 0.05) is 12.6 Å². The summed E-state index contributed by atoms with van der Waals surface area (Å²) in [4.78, 5) is 61.9. The van der Waals surface area contributed by atoms with Crippen molar-refractivity contribution in [3.63, 3.8) is 0 Å². The van der Waals surface area contributed by atoms with Crippen LogP contribution in [-0.4, -0.2) is 53.9 Å². The Kier molecular flexibility index (Phi) is 5.53. The fraction of sp³-hybridized carbons (Fsp3) is 0.421. The van der Waals surface area contributed by atoms with Crippen LogP contribution in [-0.2, 0) is 19.1 Å². The second-order valence-electron chi connectivity index (χ2n) is 7.15. The highest BCUT2D eigenvalue weighted by Crippen LogP contribution is 2.42. The molecule has 29 heavy (non-hydrogen) atoms. The Morgan fingerprint density at radius 3 is 2.48 bits per heavy atom. The first-order valence-electron chi connectivity index (χ1n) is 9.17. The van der Waals surface area contributed by atoms with Crippen LogP contribution >= 0.6 is 0 Å². The van der Waals surface area contributed by atoms with Gasteiger partial charge in [0.2, 0.25) is 6.10 Å². The molecule has 0 aromatic heterocycles. The highest BCUT2D eigenvalue weighted by Gasteiger charge is 2.56. The summed E-state index contributed by atoms with van der Waals surface area (Å²) in [7, 11) is 1.33. The van der Waals surface area contributed by atoms with E-state index in [9.17, 15) is 24.0 Å². The molecule has 0 unspecified atom stereocenters. The lowest BCUT2D eigenvalue weighted by Gasteiger charge is -2.21. The van der Waals surface area contributed by atoms with Gasteiger partial charge < -0.3 is 15.4 Å². The molecule has 1 saturated heterocycles. The Morgan fingerprint density at radius 1 is 1.24 bits per heavy atom. The Hall–Kier alpha value is -3.43. The third-order valence-corrected chi connectivity index (χ3v) is 5.04. The summed E-state index contributed by atoms with van der Waals surface area (Å²) in [5.74, 6) is -2.25. The van der Waals surface area contributed by atoms with E-state index in [0.717, 1.165) is 17.7 Å². The Balaban J connectivity index is 1.71. The van der Waals surface area contributed by atoms with Crippen LogP contribution < -0.4 is 16.0 Å². The molecule has 2 fully saturated rings. The predicted octanol–water partition coefficient (Wildman–Crippen LogP) is 0.447. The Bertz CT molecular complexity index is 854. The van der Waals surface area contributed by atoms with Gasteiger partial charge in [-0.25, -0.2) is 9.59 Å². The van der Waals surface area contributed by atoms with E-state index in [0.29, 0.717) is 5.56 Å². The van der Waals surface area contributed by atoms with Crippen LogP contribution in [0.1, 0.15) is 31.4 Å². The average molecular weight is 402 g/mol. The Morgan fingerprint density at radius 2 is 1.90 bits per heavy atom. The van der Waals surface area contributed by atoms with Crippen molar-refractivity contribution in [3.05, 3.63) is 35.9 Å². The first-order valence-corrected chi connectivity index (χ1v) is 9.17. The molecule has 6 amide bonds. The molecule has 10 heteroatoms. The minimum Gasteiger partial charge on any atom is -0.446 e. The maximum atomic E-state index is 12.6. The van der Waals surface area contributed by atoms with Crippen LogP contribution in [0.2, 0.25) is 0 Å². The normalized spacial score (nSPS) is 21.9. The molecule has 1 aliphatic carbocycles. The minimum absolute atomic E-state index is 0.0513. The van der Waals surface area contributed by atoms with E-state index in [2.05, 4.69) is 16.0 Å². The van der Waals surface area contributed by atoms with Gasteiger partial charge in [-0.15, -0.1) is 0 Å². The highest BCUT2D eigenvalue weighted by atomic mass is 16.5. The van der Waals surface area contributed by atoms with Crippen molar-refractivity contribution in [1.82, 2.24) is 20.9 Å². The molecule has 1 heterocycles. The van der Waals surface area contributed by atoms with Crippen LogP contribution in [0.25, 0.3) is 0 Å². The predicted molar refractivity (Wildman–Crippen MR) is 99.2 cm³/mol. The largest absolute Gasteiger partial charge is 0.446 e. The van der Waals surface area contributed by atoms with E-state index in [1.54, 1.807) is 37.3 Å². The van der Waals surface area contributed by atoms with Crippen molar-refractivity contribution in [2.45, 2.75) is 31.4 Å². The molecule has 10 nitrogen and oxygen atoms in total. The molecule has 1 aliphatic heterocycles. The van der Waals surface area contributed by atoms with E-state index in [4.69, 9.17) is 4.74 Å². The molecular weight excluding hydrogens is 380 g/mol. The molecular formula is C19H22N4O6. The van der Waals surface area contributed by atoms with Gasteiger partial charge >= 0.3 is 18.0 Å². The van der Waals surface area contributed by atoms with E-state index >= 15 is 0 Å². The topological polar surface area (TPSA) is 134 Å². The number of rotatable bonds is 6. The smallest absolute Gasteiger partial charge is 0.327 e. The number of amides is 6. The standard InChI is InChI=1S/C19H22N4O6/c1-19(12-8-9-12)16(26)23(18(28)22-19)10-13(24)29-14(11-6-4-3-5-7-11)15(25)21-17(27)20-2/h3-7,12,14H,8-10H2,1-2H3,(H,22,28)(H2,20,21,25,27)/t14-,19+/m0/s1. The number of ether oxygens (including phenoxy) is 1. The average Bonchev–Trinajstić information content (AvgIpc) is 3.52. The van der Waals surface area contributed by atoms with Crippen molar-refractivity contribution in [1.29, 1.82) is 0 Å². The Labute approximate surface area is 166 Å². The molecule has 1 saturated carbocycles. The van der Waals surface area contributed by atoms with Gasteiger partial charge in [-0.3, -0.25) is 24.6 Å². The number of esters is 1. The molecule has 2 aliphatic rings. The van der Waals surface area contributed by atoms with Gasteiger partial charge in [0.25, 0.3) is 11.8 Å². The fourth-order valence-electron chi connectivity index (χ4n) is 3.24. The molecule has 1 aromatic rings. The summed E-state index contributed by atoms with van der Waals surface area (Å²) in [6, 6.07) is 6.67. The zero-order chi connectivity index (χ0) is 21.2. The molecule has 0 bridgehead atoms. The molecule has 2 atom stereocenters. The molecule has 3 rings (SSSR count). The molecule has 1 aromatic carbocycles. The van der Waals surface area contributed by atoms with Crippen molar-refractivity contribution in [2.24, 2.45) is 5.92 Å². The summed E-state index contributed by atoms with van der Waals surface area (Å²) in [5.41, 5.74) is -0.686. The number of nitrogens with one attached hydrogen (secondary N) is 3. The number of benzene rings is 1. The number of urea groups is 2. The first kappa shape index (κ1) is 20.3. The van der Waals surface area contributed by atoms with E-state index in [-0.39, 0.29) is 5.92 Å². The van der Waals surface area contributed by atoms with Crippen LogP contribution in [0.4, 0.5) is 9.59 Å². The van der Waals surface area contributed by atoms with Crippen LogP contribution in [0.15, 0.2) is 30.3 Å². The zero-order valence-electron chi connectivity index (χ0n) is 16.1. The number of carbonyl (C=O) groups is 5. The maximum absolute atomic E-state index is 12.6. The second-order valence-corrected chi connectivity index (χ2v) is 7.15. The van der Waals surface area contributed by atoms with Gasteiger partial charge in [0.1, 0.15) is 12.1 Å². The SMILES string of the molecule is CNC(=O)NC(=O)[C@@H](OC(=O)CN1C(=O)N[C@](C)(C2CC2)C1=O)c1ccccc1. The van der Waals surface area contributed by atoms with Gasteiger partial charge in [0.15, 0.2) is 0 Å². The van der Waals surface area contributed by atoms with Crippen LogP contribution in [0.3, 0.4) is 0 Å². The van der Waals surface area contributed by atoms with Crippen molar-refractivity contribution >= 4 is 29.8 Å². The van der Waals surface area contributed by atoms with E-state index in [1.807, 2.05) is 0 Å². The van der Waals surface area contributed by atoms with E-state index in [1.165, 1.54) is 7.05 Å². The molecule has 3 N–H and O–H groups in total.